The highest BCUT2D eigenvalue weighted by Crippen LogP contribution is 2.33. The van der Waals surface area contributed by atoms with Crippen molar-refractivity contribution in [2.75, 3.05) is 11.1 Å². The van der Waals surface area contributed by atoms with Gasteiger partial charge in [0.1, 0.15) is 4.46 Å². The summed E-state index contributed by atoms with van der Waals surface area (Å²) in [6.07, 6.45) is 4.11. The minimum Gasteiger partial charge on any atom is -0.394 e. The smallest absolute Gasteiger partial charge is 0.220 e. The molecule has 0 saturated heterocycles. The van der Waals surface area contributed by atoms with Crippen LogP contribution in [-0.2, 0) is 6.42 Å². The number of nitrogens with zero attached hydrogens (tertiary/aromatic N) is 2. The molecule has 0 unspecified atom stereocenters. The van der Waals surface area contributed by atoms with Crippen LogP contribution < -0.4 is 4.57 Å². The maximum atomic E-state index is 5.94. The highest BCUT2D eigenvalue weighted by atomic mass is 35.5. The van der Waals surface area contributed by atoms with Crippen molar-refractivity contribution in [3.63, 3.8) is 0 Å². The van der Waals surface area contributed by atoms with E-state index < -0.39 is 0 Å². The van der Waals surface area contributed by atoms with Crippen LogP contribution >= 0.6 is 23.2 Å². The van der Waals surface area contributed by atoms with Crippen molar-refractivity contribution < 1.29 is 0 Å². The Hall–Kier alpha value is -0.773. The van der Waals surface area contributed by atoms with E-state index >= 15 is 0 Å². The maximum absolute atomic E-state index is 5.94. The van der Waals surface area contributed by atoms with Gasteiger partial charge in [0.25, 0.3) is 0 Å². The number of aryl methyl sites for hydroxylation is 1. The zero-order valence-electron chi connectivity index (χ0n) is 9.74. The van der Waals surface area contributed by atoms with Crippen molar-refractivity contribution >= 4 is 49.5 Å². The number of hydrogen-bond acceptors (Lipinski definition) is 2. The molecule has 0 saturated carbocycles. The third-order valence-corrected chi connectivity index (χ3v) is 4.72. The second-order valence-corrected chi connectivity index (χ2v) is 7.54. The van der Waals surface area contributed by atoms with Crippen LogP contribution in [0.5, 0.6) is 0 Å². The van der Waals surface area contributed by atoms with Crippen molar-refractivity contribution in [2.24, 2.45) is 0 Å². The second kappa shape index (κ2) is 5.08. The quantitative estimate of drug-likeness (QED) is 0.624. The van der Waals surface area contributed by atoms with Crippen molar-refractivity contribution in [3.05, 3.63) is 36.0 Å². The molecule has 0 atom stereocenters. The van der Waals surface area contributed by atoms with Gasteiger partial charge in [-0.2, -0.15) is 0 Å². The van der Waals surface area contributed by atoms with E-state index in [4.69, 9.17) is 23.2 Å². The number of halogens is 2. The molecule has 1 aliphatic heterocycles. The maximum Gasteiger partial charge on any atom is 0.220 e. The van der Waals surface area contributed by atoms with Gasteiger partial charge in [0.15, 0.2) is 0 Å². The fraction of sp³-hybridized carbons (Fsp3) is 0.308. The second-order valence-electron chi connectivity index (χ2n) is 4.33. The van der Waals surface area contributed by atoms with E-state index in [1.807, 2.05) is 12.3 Å². The third-order valence-electron chi connectivity index (χ3n) is 3.18. The van der Waals surface area contributed by atoms with Gasteiger partial charge in [0, 0.05) is 18.1 Å². The van der Waals surface area contributed by atoms with Gasteiger partial charge in [-0.25, -0.2) is 0 Å². The lowest BCUT2D eigenvalue weighted by atomic mass is 10.0. The van der Waals surface area contributed by atoms with Crippen LogP contribution in [0.1, 0.15) is 12.0 Å². The molecule has 2 nitrogen and oxygen atoms in total. The minimum absolute atomic E-state index is 0.338. The summed E-state index contributed by atoms with van der Waals surface area (Å²) < 4.78 is 1.95. The molecule has 0 bridgehead atoms. The van der Waals surface area contributed by atoms with Gasteiger partial charge in [0.05, 0.1) is 11.2 Å². The predicted molar refractivity (Wildman–Crippen MR) is 78.7 cm³/mol. The summed E-state index contributed by atoms with van der Waals surface area (Å²) in [4.78, 5) is 4.53. The fourth-order valence-electron chi connectivity index (χ4n) is 2.46. The molecular formula is C13H12Cl2N2Si. The minimum atomic E-state index is -0.338. The van der Waals surface area contributed by atoms with E-state index in [1.165, 1.54) is 16.6 Å². The molecule has 0 aliphatic carbocycles. The van der Waals surface area contributed by atoms with Gasteiger partial charge in [-0.15, -0.1) is 23.2 Å². The largest absolute Gasteiger partial charge is 0.394 e. The summed E-state index contributed by atoms with van der Waals surface area (Å²) in [6, 6.07) is 8.41. The summed E-state index contributed by atoms with van der Waals surface area (Å²) in [7, 11) is 0.392. The predicted octanol–water partition coefficient (Wildman–Crippen LogP) is 3.37. The standard InChI is InChI=1S/C13H12Cl2N2Si/c14-13(15)18-17-8-2-4-10-6-5-9-3-1-7-16-11(9)12(10)17/h1,3,5-7,13H,2,4,8H2. The van der Waals surface area contributed by atoms with Crippen molar-refractivity contribution in [3.8, 4) is 0 Å². The first-order valence-electron chi connectivity index (χ1n) is 5.94. The Labute approximate surface area is 119 Å². The van der Waals surface area contributed by atoms with Gasteiger partial charge in [0.2, 0.25) is 9.68 Å². The average molecular weight is 295 g/mol. The molecule has 2 aromatic rings. The lowest BCUT2D eigenvalue weighted by Gasteiger charge is -2.31. The van der Waals surface area contributed by atoms with Gasteiger partial charge in [-0.05, 0) is 24.5 Å². The molecule has 2 radical (unpaired) electrons. The highest BCUT2D eigenvalue weighted by molar-refractivity contribution is 6.70. The van der Waals surface area contributed by atoms with E-state index in [1.54, 1.807) is 0 Å². The van der Waals surface area contributed by atoms with E-state index in [0.717, 1.165) is 24.9 Å². The van der Waals surface area contributed by atoms with Crippen LogP contribution in [0, 0.1) is 0 Å². The van der Waals surface area contributed by atoms with Gasteiger partial charge < -0.3 is 4.57 Å². The van der Waals surface area contributed by atoms with Crippen LogP contribution in [-0.4, -0.2) is 25.7 Å². The molecule has 18 heavy (non-hydrogen) atoms. The number of aromatic nitrogens is 1. The molecule has 2 heterocycles. The molecule has 1 aliphatic rings. The number of alkyl halides is 2. The summed E-state index contributed by atoms with van der Waals surface area (Å²) in [6.45, 7) is 1.01. The summed E-state index contributed by atoms with van der Waals surface area (Å²) in [5.74, 6) is 0. The normalized spacial score (nSPS) is 15.2. The van der Waals surface area contributed by atoms with E-state index in [-0.39, 0.29) is 4.46 Å². The van der Waals surface area contributed by atoms with E-state index in [9.17, 15) is 0 Å². The fourth-order valence-corrected chi connectivity index (χ4v) is 4.07. The molecule has 1 aromatic heterocycles. The van der Waals surface area contributed by atoms with Crippen LogP contribution in [0.15, 0.2) is 30.5 Å². The topological polar surface area (TPSA) is 16.1 Å². The molecule has 92 valence electrons. The third kappa shape index (κ3) is 2.22. The number of rotatable bonds is 2. The first kappa shape index (κ1) is 12.3. The molecule has 0 fully saturated rings. The lowest BCUT2D eigenvalue weighted by Crippen LogP contribution is -2.36. The first-order valence-corrected chi connectivity index (χ1v) is 7.84. The summed E-state index contributed by atoms with van der Waals surface area (Å²) in [5.41, 5.74) is 3.65. The Morgan fingerprint density at radius 1 is 1.28 bits per heavy atom. The van der Waals surface area contributed by atoms with Gasteiger partial charge in [-0.3, -0.25) is 4.98 Å². The SMILES string of the molecule is ClC(Cl)[Si]N1CCCc2ccc3cccnc3c21. The molecular weight excluding hydrogens is 283 g/mol. The Kier molecular flexibility index (Phi) is 3.46. The monoisotopic (exact) mass is 294 g/mol. The van der Waals surface area contributed by atoms with Crippen molar-refractivity contribution in [1.82, 2.24) is 4.98 Å². The number of benzene rings is 1. The molecule has 0 spiro atoms. The Morgan fingerprint density at radius 2 is 2.17 bits per heavy atom. The van der Waals surface area contributed by atoms with Crippen molar-refractivity contribution in [2.45, 2.75) is 17.3 Å². The Balaban J connectivity index is 2.15. The van der Waals surface area contributed by atoms with Crippen LogP contribution in [0.4, 0.5) is 5.69 Å². The number of hydrogen-bond donors (Lipinski definition) is 0. The first-order chi connectivity index (χ1) is 8.75. The van der Waals surface area contributed by atoms with Gasteiger partial charge >= 0.3 is 0 Å². The average Bonchev–Trinajstić information content (AvgIpc) is 2.38. The number of anilines is 1. The van der Waals surface area contributed by atoms with Crippen molar-refractivity contribution in [1.29, 1.82) is 0 Å². The lowest BCUT2D eigenvalue weighted by molar-refractivity contribution is 0.789. The zero-order chi connectivity index (χ0) is 12.5. The highest BCUT2D eigenvalue weighted by Gasteiger charge is 2.22. The van der Waals surface area contributed by atoms with Gasteiger partial charge in [-0.1, -0.05) is 18.2 Å². The molecule has 0 amide bonds. The Bertz CT molecular complexity index is 574. The van der Waals surface area contributed by atoms with E-state index in [0.29, 0.717) is 9.68 Å². The molecule has 1 aromatic carbocycles. The Morgan fingerprint density at radius 3 is 3.00 bits per heavy atom. The van der Waals surface area contributed by atoms with Crippen LogP contribution in [0.2, 0.25) is 0 Å². The van der Waals surface area contributed by atoms with Crippen LogP contribution in [0.3, 0.4) is 0 Å². The van der Waals surface area contributed by atoms with E-state index in [2.05, 4.69) is 27.7 Å². The number of pyridine rings is 1. The van der Waals surface area contributed by atoms with Crippen LogP contribution in [0.25, 0.3) is 10.9 Å². The summed E-state index contributed by atoms with van der Waals surface area (Å²) in [5, 5.41) is 1.17. The zero-order valence-corrected chi connectivity index (χ0v) is 12.2. The molecule has 5 heteroatoms. The number of fused-ring (bicyclic) bond motifs is 3. The summed E-state index contributed by atoms with van der Waals surface area (Å²) >= 11 is 11.9. The molecule has 0 N–H and O–H groups in total. The molecule has 3 rings (SSSR count).